The summed E-state index contributed by atoms with van der Waals surface area (Å²) < 4.78 is 24.9. The summed E-state index contributed by atoms with van der Waals surface area (Å²) in [6.07, 6.45) is 0. The zero-order valence-electron chi connectivity index (χ0n) is 16.6. The molecule has 160 valence electrons. The van der Waals surface area contributed by atoms with E-state index < -0.39 is 23.2 Å². The summed E-state index contributed by atoms with van der Waals surface area (Å²) in [7, 11) is 1.49. The minimum absolute atomic E-state index is 0.0539. The maximum absolute atomic E-state index is 13.9. The molecule has 1 atom stereocenters. The fourth-order valence-electron chi connectivity index (χ4n) is 4.01. The van der Waals surface area contributed by atoms with Crippen molar-refractivity contribution in [2.45, 2.75) is 6.04 Å². The summed E-state index contributed by atoms with van der Waals surface area (Å²) in [5, 5.41) is 0.788. The Labute approximate surface area is 191 Å². The fraction of sp³-hybridized carbons (Fsp3) is 0.0833. The fourth-order valence-corrected chi connectivity index (χ4v) is 4.46. The average Bonchev–Trinajstić information content (AvgIpc) is 3.07. The van der Waals surface area contributed by atoms with Crippen LogP contribution in [0.1, 0.15) is 27.7 Å². The van der Waals surface area contributed by atoms with Crippen LogP contribution in [0.15, 0.2) is 69.9 Å². The van der Waals surface area contributed by atoms with Gasteiger partial charge in [0.05, 0.1) is 29.1 Å². The second-order valence-electron chi connectivity index (χ2n) is 7.27. The number of carbonyl (C=O) groups excluding carboxylic acids is 1. The molecule has 5 nitrogen and oxygen atoms in total. The van der Waals surface area contributed by atoms with Gasteiger partial charge in [-0.15, -0.1) is 0 Å². The Morgan fingerprint density at radius 1 is 1.03 bits per heavy atom. The van der Waals surface area contributed by atoms with Crippen LogP contribution in [0.5, 0.6) is 5.75 Å². The number of fused-ring (bicyclic) bond motifs is 2. The lowest BCUT2D eigenvalue weighted by molar-refractivity contribution is 0.0971. The molecular weight excluding hydrogens is 456 g/mol. The lowest BCUT2D eigenvalue weighted by Crippen LogP contribution is -2.29. The van der Waals surface area contributed by atoms with Crippen molar-refractivity contribution in [3.05, 3.63) is 104 Å². The number of carbonyl (C=O) groups is 1. The summed E-state index contributed by atoms with van der Waals surface area (Å²) in [6.45, 7) is 0. The topological polar surface area (TPSA) is 59.8 Å². The first kappa shape index (κ1) is 20.5. The molecule has 4 aromatic rings. The normalized spacial score (nSPS) is 15.3. The number of hydrogen-bond acceptors (Lipinski definition) is 4. The lowest BCUT2D eigenvalue weighted by Gasteiger charge is -2.25. The van der Waals surface area contributed by atoms with E-state index in [2.05, 4.69) is 0 Å². The van der Waals surface area contributed by atoms with Crippen molar-refractivity contribution in [3.63, 3.8) is 0 Å². The van der Waals surface area contributed by atoms with Crippen molar-refractivity contribution in [3.8, 4) is 5.75 Å². The summed E-state index contributed by atoms with van der Waals surface area (Å²) >= 11 is 12.5. The molecule has 3 aromatic carbocycles. The summed E-state index contributed by atoms with van der Waals surface area (Å²) in [5.41, 5.74) is 0.790. The van der Waals surface area contributed by atoms with Crippen molar-refractivity contribution < 1.29 is 18.3 Å². The number of benzene rings is 3. The molecule has 0 N–H and O–H groups in total. The number of amides is 1. The highest BCUT2D eigenvalue weighted by atomic mass is 35.5. The highest BCUT2D eigenvalue weighted by molar-refractivity contribution is 6.32. The Kier molecular flexibility index (Phi) is 4.92. The van der Waals surface area contributed by atoms with Gasteiger partial charge in [-0.3, -0.25) is 14.5 Å². The van der Waals surface area contributed by atoms with Crippen LogP contribution >= 0.6 is 23.2 Å². The third-order valence-corrected chi connectivity index (χ3v) is 5.94. The van der Waals surface area contributed by atoms with Crippen LogP contribution < -0.4 is 15.1 Å². The maximum Gasteiger partial charge on any atom is 0.295 e. The molecule has 1 unspecified atom stereocenters. The van der Waals surface area contributed by atoms with Gasteiger partial charge >= 0.3 is 0 Å². The Hall–Kier alpha value is -3.35. The third kappa shape index (κ3) is 3.15. The molecule has 1 aromatic heterocycles. The van der Waals surface area contributed by atoms with Crippen LogP contribution in [0, 0.1) is 5.82 Å². The molecule has 0 aliphatic carbocycles. The van der Waals surface area contributed by atoms with Gasteiger partial charge in [0.15, 0.2) is 5.43 Å². The molecule has 2 heterocycles. The van der Waals surface area contributed by atoms with Gasteiger partial charge in [-0.25, -0.2) is 4.39 Å². The van der Waals surface area contributed by atoms with Crippen molar-refractivity contribution in [1.29, 1.82) is 0 Å². The van der Waals surface area contributed by atoms with Crippen molar-refractivity contribution >= 4 is 45.8 Å². The van der Waals surface area contributed by atoms with Crippen LogP contribution in [0.4, 0.5) is 10.1 Å². The monoisotopic (exact) mass is 469 g/mol. The third-order valence-electron chi connectivity index (χ3n) is 5.41. The average molecular weight is 470 g/mol. The second kappa shape index (κ2) is 7.65. The molecule has 1 aliphatic heterocycles. The van der Waals surface area contributed by atoms with E-state index in [1.165, 1.54) is 24.1 Å². The molecule has 0 fully saturated rings. The van der Waals surface area contributed by atoms with E-state index in [9.17, 15) is 14.0 Å². The Morgan fingerprint density at radius 3 is 2.56 bits per heavy atom. The van der Waals surface area contributed by atoms with Crippen LogP contribution in [0.2, 0.25) is 10.0 Å². The van der Waals surface area contributed by atoms with E-state index in [1.54, 1.807) is 42.5 Å². The molecular formula is C24H14Cl2FNO4. The molecule has 5 rings (SSSR count). The number of anilines is 1. The van der Waals surface area contributed by atoms with Crippen molar-refractivity contribution in [1.82, 2.24) is 0 Å². The van der Waals surface area contributed by atoms with Crippen LogP contribution in [0.25, 0.3) is 11.0 Å². The Balaban J connectivity index is 1.81. The number of hydrogen-bond donors (Lipinski definition) is 0. The maximum atomic E-state index is 13.9. The first-order valence-electron chi connectivity index (χ1n) is 9.58. The van der Waals surface area contributed by atoms with E-state index in [0.717, 1.165) is 6.07 Å². The van der Waals surface area contributed by atoms with Gasteiger partial charge in [-0.1, -0.05) is 35.3 Å². The number of methoxy groups -OCH3 is 1. The van der Waals surface area contributed by atoms with E-state index in [4.69, 9.17) is 32.4 Å². The highest BCUT2D eigenvalue weighted by Gasteiger charge is 2.43. The van der Waals surface area contributed by atoms with Gasteiger partial charge in [0.2, 0.25) is 5.76 Å². The molecule has 32 heavy (non-hydrogen) atoms. The first-order valence-corrected chi connectivity index (χ1v) is 10.3. The second-order valence-corrected chi connectivity index (χ2v) is 8.11. The number of ether oxygens (including phenoxy) is 1. The first-order chi connectivity index (χ1) is 15.4. The summed E-state index contributed by atoms with van der Waals surface area (Å²) in [4.78, 5) is 28.4. The lowest BCUT2D eigenvalue weighted by atomic mass is 9.98. The van der Waals surface area contributed by atoms with E-state index >= 15 is 0 Å². The van der Waals surface area contributed by atoms with E-state index in [-0.39, 0.29) is 22.3 Å². The standard InChI is InChI=1S/C24H14Cl2FNO4/c1-31-19-8-6-15(11-17(19)26)28-21(12-3-2-4-13(25)9-12)20-22(29)16-10-14(27)5-7-18(16)32-23(20)24(28)30/h2-11,21H,1H3. The predicted molar refractivity (Wildman–Crippen MR) is 121 cm³/mol. The molecule has 0 saturated carbocycles. The molecule has 8 heteroatoms. The van der Waals surface area contributed by atoms with Crippen molar-refractivity contribution in [2.24, 2.45) is 0 Å². The zero-order valence-corrected chi connectivity index (χ0v) is 18.1. The van der Waals surface area contributed by atoms with Crippen LogP contribution in [0.3, 0.4) is 0 Å². The number of halogens is 3. The van der Waals surface area contributed by atoms with Crippen LogP contribution in [-0.4, -0.2) is 13.0 Å². The van der Waals surface area contributed by atoms with Gasteiger partial charge in [-0.05, 0) is 54.1 Å². The van der Waals surface area contributed by atoms with Gasteiger partial charge in [0, 0.05) is 10.7 Å². The Morgan fingerprint density at radius 2 is 1.84 bits per heavy atom. The van der Waals surface area contributed by atoms with Crippen molar-refractivity contribution in [2.75, 3.05) is 12.0 Å². The van der Waals surface area contributed by atoms with Gasteiger partial charge in [0.1, 0.15) is 17.1 Å². The predicted octanol–water partition coefficient (Wildman–Crippen LogP) is 6.00. The largest absolute Gasteiger partial charge is 0.495 e. The quantitative estimate of drug-likeness (QED) is 0.369. The zero-order chi connectivity index (χ0) is 22.6. The highest BCUT2D eigenvalue weighted by Crippen LogP contribution is 2.43. The molecule has 0 radical (unpaired) electrons. The molecule has 0 spiro atoms. The smallest absolute Gasteiger partial charge is 0.295 e. The molecule has 1 aliphatic rings. The van der Waals surface area contributed by atoms with Gasteiger partial charge in [0.25, 0.3) is 5.91 Å². The molecule has 0 bridgehead atoms. The van der Waals surface area contributed by atoms with E-state index in [0.29, 0.717) is 27.0 Å². The SMILES string of the molecule is COc1ccc(N2C(=O)c3oc4ccc(F)cc4c(=O)c3C2c2cccc(Cl)c2)cc1Cl. The van der Waals surface area contributed by atoms with Gasteiger partial charge < -0.3 is 9.15 Å². The number of rotatable bonds is 3. The number of nitrogens with zero attached hydrogens (tertiary/aromatic N) is 1. The minimum Gasteiger partial charge on any atom is -0.495 e. The minimum atomic E-state index is -0.843. The molecule has 1 amide bonds. The van der Waals surface area contributed by atoms with E-state index in [1.807, 2.05) is 0 Å². The summed E-state index contributed by atoms with van der Waals surface area (Å²) in [6, 6.07) is 14.5. The van der Waals surface area contributed by atoms with Crippen LogP contribution in [-0.2, 0) is 0 Å². The van der Waals surface area contributed by atoms with Gasteiger partial charge in [-0.2, -0.15) is 0 Å². The molecule has 0 saturated heterocycles. The summed E-state index contributed by atoms with van der Waals surface area (Å²) in [5.74, 6) is -0.762. The Bertz CT molecular complexity index is 1470.